The molecule has 184 valence electrons. The van der Waals surface area contributed by atoms with Gasteiger partial charge < -0.3 is 24.8 Å². The third-order valence-electron chi connectivity index (χ3n) is 5.98. The molecule has 0 spiro atoms. The molecule has 0 saturated heterocycles. The molecule has 1 aliphatic rings. The summed E-state index contributed by atoms with van der Waals surface area (Å²) in [7, 11) is -6.41. The Balaban J connectivity index is 0. The molecule has 0 aromatic heterocycles. The molecule has 0 bridgehead atoms. The molecule has 1 rings (SSSR count). The first-order valence-corrected chi connectivity index (χ1v) is 31.6. The van der Waals surface area contributed by atoms with Gasteiger partial charge in [-0.25, -0.2) is 0 Å². The Morgan fingerprint density at radius 2 is 0.906 bits per heavy atom. The summed E-state index contributed by atoms with van der Waals surface area (Å²) in [5.41, 5.74) is 5.21. The minimum atomic E-state index is -1.48. The Kier molecular flexibility index (Phi) is 14.1. The molecule has 2 atom stereocenters. The Labute approximate surface area is 230 Å². The Morgan fingerprint density at radius 1 is 0.625 bits per heavy atom. The average Bonchev–Trinajstić information content (AvgIpc) is 2.45. The molecule has 1 heterocycles. The number of allylic oxidation sites excluding steroid dienone is 6. The number of hydrogen-bond acceptors (Lipinski definition) is 0. The van der Waals surface area contributed by atoms with E-state index in [-0.39, 0.29) is 24.8 Å². The molecule has 0 amide bonds. The van der Waals surface area contributed by atoms with Crippen LogP contribution in [0.1, 0.15) is 0 Å². The molecule has 0 aromatic rings. The van der Waals surface area contributed by atoms with Crippen LogP contribution in [0.3, 0.4) is 0 Å². The molecule has 0 aliphatic carbocycles. The van der Waals surface area contributed by atoms with Gasteiger partial charge in [0, 0.05) is 0 Å². The molecule has 32 heavy (non-hydrogen) atoms. The van der Waals surface area contributed by atoms with Gasteiger partial charge in [-0.15, -0.1) is 0 Å². The summed E-state index contributed by atoms with van der Waals surface area (Å²) < 4.78 is 3.52. The van der Waals surface area contributed by atoms with Crippen molar-refractivity contribution in [3.63, 3.8) is 0 Å². The zero-order valence-corrected chi connectivity index (χ0v) is 32.3. The first-order valence-electron chi connectivity index (χ1n) is 11.7. The fourth-order valence-corrected chi connectivity index (χ4v) is 33.9. The predicted octanol–water partition coefficient (Wildman–Crippen LogP) is 2.93. The average molecular weight is 641 g/mol. The smallest absolute Gasteiger partial charge is 1.00 e. The largest absolute Gasteiger partial charge is 1.00 e. The van der Waals surface area contributed by atoms with Gasteiger partial charge in [-0.3, -0.25) is 0 Å². The van der Waals surface area contributed by atoms with Crippen LogP contribution in [-0.4, -0.2) is 40.4 Å². The first kappa shape index (κ1) is 35.7. The van der Waals surface area contributed by atoms with Crippen LogP contribution in [0.4, 0.5) is 0 Å². The molecule has 0 N–H and O–H groups in total. The second kappa shape index (κ2) is 12.7. The third kappa shape index (κ3) is 12.0. The van der Waals surface area contributed by atoms with Crippen LogP contribution in [0.15, 0.2) is 42.3 Å². The van der Waals surface area contributed by atoms with Crippen LogP contribution >= 0.6 is 0 Å². The fraction of sp³-hybridized carbons (Fsp3) is 0.667. The number of hydrogen-bond donors (Lipinski definition) is 0. The zero-order valence-electron chi connectivity index (χ0n) is 23.4. The van der Waals surface area contributed by atoms with Crippen LogP contribution in [0.5, 0.6) is 0 Å². The van der Waals surface area contributed by atoms with Crippen molar-refractivity contribution in [1.29, 1.82) is 0 Å². The molecule has 8 heteroatoms. The topological polar surface area (TPSA) is 0 Å². The van der Waals surface area contributed by atoms with E-state index in [0.717, 1.165) is 10.3 Å². The first-order chi connectivity index (χ1) is 13.1. The van der Waals surface area contributed by atoms with Gasteiger partial charge >= 0.3 is 208 Å². The monoisotopic (exact) mass is 638 g/mol. The summed E-state index contributed by atoms with van der Waals surface area (Å²) in [5.74, 6) is 0. The van der Waals surface area contributed by atoms with Gasteiger partial charge in [-0.2, -0.15) is 0 Å². The zero-order chi connectivity index (χ0) is 23.8. The van der Waals surface area contributed by atoms with Gasteiger partial charge in [0.2, 0.25) is 0 Å². The summed E-state index contributed by atoms with van der Waals surface area (Å²) in [4.78, 5) is 0. The maximum Gasteiger partial charge on any atom is -1.00 e. The Bertz CT molecular complexity index is 667. The van der Waals surface area contributed by atoms with Gasteiger partial charge in [0.05, 0.1) is 0 Å². The molecular formula is C24H50Cl2Si5Zr. The van der Waals surface area contributed by atoms with E-state index in [1.54, 1.807) is 6.56 Å². The van der Waals surface area contributed by atoms with E-state index in [0.29, 0.717) is 0 Å². The van der Waals surface area contributed by atoms with Crippen molar-refractivity contribution in [2.24, 2.45) is 0 Å². The van der Waals surface area contributed by atoms with Crippen LogP contribution in [-0.2, 0) is 23.2 Å². The van der Waals surface area contributed by atoms with E-state index in [4.69, 9.17) is 0 Å². The Hall–Kier alpha value is 1.51. The van der Waals surface area contributed by atoms with Gasteiger partial charge in [0.15, 0.2) is 0 Å². The molecule has 0 nitrogen and oxygen atoms in total. The van der Waals surface area contributed by atoms with E-state index in [1.165, 1.54) is 0 Å². The molecule has 0 aromatic carbocycles. The van der Waals surface area contributed by atoms with Crippen LogP contribution in [0, 0.1) is 0 Å². The molecule has 0 fully saturated rings. The summed E-state index contributed by atoms with van der Waals surface area (Å²) in [6.45, 7) is 36.1. The molecular weight excluding hydrogens is 591 g/mol. The van der Waals surface area contributed by atoms with Crippen LogP contribution < -0.4 is 24.8 Å². The minimum Gasteiger partial charge on any atom is -1.00 e. The van der Waals surface area contributed by atoms with Gasteiger partial charge in [-0.05, 0) is 0 Å². The summed E-state index contributed by atoms with van der Waals surface area (Å²) in [6, 6.07) is 0. The van der Waals surface area contributed by atoms with Crippen LogP contribution in [0.2, 0.25) is 102 Å². The quantitative estimate of drug-likeness (QED) is 0.392. The second-order valence-corrected chi connectivity index (χ2v) is 44.6. The normalized spacial score (nSPS) is 25.8. The van der Waals surface area contributed by atoms with Gasteiger partial charge in [0.25, 0.3) is 0 Å². The van der Waals surface area contributed by atoms with E-state index < -0.39 is 63.6 Å². The predicted molar refractivity (Wildman–Crippen MR) is 153 cm³/mol. The molecule has 2 unspecified atom stereocenters. The van der Waals surface area contributed by atoms with Crippen molar-refractivity contribution in [1.82, 2.24) is 0 Å². The maximum absolute atomic E-state index is 2.86. The standard InChI is InChI=1S/C24H50Si5.2ClH.Zr/c1-25(2,3)21-17-15-19-23(27(7,8)9)29(13,14)24(28(10,11)12)20-16-18-22-26(4,5)6;;;/h17-24H,1-14H3;2*1H;/q;;;+2/p-2. The summed E-state index contributed by atoms with van der Waals surface area (Å²) in [6.07, 6.45) is 10.9. The van der Waals surface area contributed by atoms with Gasteiger partial charge in [-0.1, -0.05) is 0 Å². The minimum absolute atomic E-state index is 0. The molecule has 0 radical (unpaired) electrons. The maximum atomic E-state index is 2.86. The number of rotatable bonds is 6. The van der Waals surface area contributed by atoms with E-state index in [2.05, 4.69) is 127 Å². The van der Waals surface area contributed by atoms with Crippen molar-refractivity contribution in [3.8, 4) is 0 Å². The SMILES string of the molecule is C[Si](C)(C)C=C/[C]1=C/C([Si](C)(C)C)[Si](C)(C)C([Si](C)(C)C)/C=[C](/C=C[Si](C)(C)C)[Zr+2]1.[Cl-].[Cl-]. The fourth-order valence-electron chi connectivity index (χ4n) is 4.84. The van der Waals surface area contributed by atoms with E-state index in [1.807, 2.05) is 0 Å². The molecule has 0 saturated carbocycles. The van der Waals surface area contributed by atoms with Gasteiger partial charge in [0.1, 0.15) is 0 Å². The van der Waals surface area contributed by atoms with Crippen LogP contribution in [0.25, 0.3) is 0 Å². The van der Waals surface area contributed by atoms with E-state index in [9.17, 15) is 0 Å². The van der Waals surface area contributed by atoms with Crippen molar-refractivity contribution in [2.75, 3.05) is 0 Å². The van der Waals surface area contributed by atoms with Crippen molar-refractivity contribution in [2.45, 2.75) is 102 Å². The summed E-state index contributed by atoms with van der Waals surface area (Å²) in [5, 5.41) is 1.75. The van der Waals surface area contributed by atoms with Crippen molar-refractivity contribution >= 4 is 40.4 Å². The van der Waals surface area contributed by atoms with Crippen molar-refractivity contribution < 1.29 is 48.0 Å². The second-order valence-electron chi connectivity index (χ2n) is 14.3. The Morgan fingerprint density at radius 3 is 1.12 bits per heavy atom. The molecule has 1 aliphatic heterocycles. The number of halogens is 2. The summed E-state index contributed by atoms with van der Waals surface area (Å²) >= 11 is -0.773. The third-order valence-corrected chi connectivity index (χ3v) is 28.6. The van der Waals surface area contributed by atoms with Crippen molar-refractivity contribution in [3.05, 3.63) is 42.3 Å². The van der Waals surface area contributed by atoms with E-state index >= 15 is 0 Å².